The number of hydrogen-bond acceptors (Lipinski definition) is 5. The number of piperazine rings is 1. The van der Waals surface area contributed by atoms with Gasteiger partial charge in [-0.05, 0) is 79.9 Å². The van der Waals surface area contributed by atoms with Crippen molar-refractivity contribution < 1.29 is 18.3 Å². The van der Waals surface area contributed by atoms with Crippen LogP contribution in [0.25, 0.3) is 10.9 Å². The standard InChI is InChI=1S/C32H35F2N5O2/c1-38-8-10-39(11-9-38)26-3-4-27(30(19-26)36-25-6-12-41-13-7-25)32(40)37-31-20-35-29-5-2-21(17-28(29)31)14-22-15-23(33)18-24(34)16-22/h2-5,15-20,25,35-36H,6-14H2,1H3,(H,37,40). The average molecular weight is 560 g/mol. The Morgan fingerprint density at radius 1 is 0.927 bits per heavy atom. The topological polar surface area (TPSA) is 72.6 Å². The molecule has 2 aliphatic rings. The van der Waals surface area contributed by atoms with E-state index in [2.05, 4.69) is 38.5 Å². The summed E-state index contributed by atoms with van der Waals surface area (Å²) in [4.78, 5) is 21.6. The third-order valence-electron chi connectivity index (χ3n) is 8.02. The lowest BCUT2D eigenvalue weighted by atomic mass is 10.0. The second-order valence-electron chi connectivity index (χ2n) is 11.0. The highest BCUT2D eigenvalue weighted by Crippen LogP contribution is 2.30. The van der Waals surface area contributed by atoms with Crippen LogP contribution in [-0.4, -0.2) is 68.3 Å². The molecule has 41 heavy (non-hydrogen) atoms. The summed E-state index contributed by atoms with van der Waals surface area (Å²) in [6.45, 7) is 5.30. The van der Waals surface area contributed by atoms with Crippen LogP contribution in [0.1, 0.15) is 34.3 Å². The zero-order chi connectivity index (χ0) is 28.3. The van der Waals surface area contributed by atoms with Gasteiger partial charge < -0.3 is 30.2 Å². The van der Waals surface area contributed by atoms with Gasteiger partial charge in [-0.2, -0.15) is 0 Å². The van der Waals surface area contributed by atoms with Crippen LogP contribution >= 0.6 is 0 Å². The fourth-order valence-electron chi connectivity index (χ4n) is 5.69. The van der Waals surface area contributed by atoms with Gasteiger partial charge in [0.2, 0.25) is 0 Å². The van der Waals surface area contributed by atoms with E-state index < -0.39 is 11.6 Å². The molecule has 2 saturated heterocycles. The van der Waals surface area contributed by atoms with Gasteiger partial charge in [0.15, 0.2) is 0 Å². The number of aromatic amines is 1. The fourth-order valence-corrected chi connectivity index (χ4v) is 5.69. The molecule has 0 saturated carbocycles. The highest BCUT2D eigenvalue weighted by molar-refractivity contribution is 6.12. The summed E-state index contributed by atoms with van der Waals surface area (Å²) in [5.41, 5.74) is 5.45. The molecule has 0 atom stereocenters. The van der Waals surface area contributed by atoms with Crippen LogP contribution in [0, 0.1) is 11.6 Å². The number of amides is 1. The second-order valence-corrected chi connectivity index (χ2v) is 11.0. The van der Waals surface area contributed by atoms with Gasteiger partial charge >= 0.3 is 0 Å². The fraction of sp³-hybridized carbons (Fsp3) is 0.344. The van der Waals surface area contributed by atoms with Gasteiger partial charge in [-0.15, -0.1) is 0 Å². The van der Waals surface area contributed by atoms with Crippen molar-refractivity contribution in [2.24, 2.45) is 0 Å². The van der Waals surface area contributed by atoms with Gasteiger partial charge in [0.25, 0.3) is 5.91 Å². The summed E-state index contributed by atoms with van der Waals surface area (Å²) < 4.78 is 33.0. The SMILES string of the molecule is CN1CCN(c2ccc(C(=O)Nc3c[nH]c4ccc(Cc5cc(F)cc(F)c5)cc34)c(NC3CCOCC3)c2)CC1. The van der Waals surface area contributed by atoms with Crippen molar-refractivity contribution in [3.63, 3.8) is 0 Å². The van der Waals surface area contributed by atoms with Crippen molar-refractivity contribution in [2.75, 3.05) is 62.0 Å². The highest BCUT2D eigenvalue weighted by Gasteiger charge is 2.21. The Kier molecular flexibility index (Phi) is 7.89. The Morgan fingerprint density at radius 2 is 1.68 bits per heavy atom. The summed E-state index contributed by atoms with van der Waals surface area (Å²) in [6.07, 6.45) is 3.93. The Bertz CT molecular complexity index is 1520. The number of carbonyl (C=O) groups excluding carboxylic acids is 1. The van der Waals surface area contributed by atoms with Crippen molar-refractivity contribution in [3.8, 4) is 0 Å². The van der Waals surface area contributed by atoms with Crippen molar-refractivity contribution in [3.05, 3.63) is 89.1 Å². The second kappa shape index (κ2) is 11.9. The molecule has 1 amide bonds. The molecule has 4 aromatic rings. The Hall–Kier alpha value is -3.95. The maximum atomic E-state index is 13.7. The number of H-pyrrole nitrogens is 1. The van der Waals surface area contributed by atoms with Crippen molar-refractivity contribution >= 4 is 33.9 Å². The van der Waals surface area contributed by atoms with Gasteiger partial charge in [-0.1, -0.05) is 6.07 Å². The molecule has 9 heteroatoms. The Balaban J connectivity index is 1.25. The quantitative estimate of drug-likeness (QED) is 0.274. The van der Waals surface area contributed by atoms with Gasteiger partial charge in [-0.25, -0.2) is 8.78 Å². The molecule has 0 spiro atoms. The third-order valence-corrected chi connectivity index (χ3v) is 8.02. The van der Waals surface area contributed by atoms with Crippen LogP contribution in [-0.2, 0) is 11.2 Å². The number of ether oxygens (including phenoxy) is 1. The number of nitrogens with one attached hydrogen (secondary N) is 3. The zero-order valence-corrected chi connectivity index (χ0v) is 23.2. The number of carbonyl (C=O) groups is 1. The monoisotopic (exact) mass is 559 g/mol. The number of nitrogens with zero attached hydrogens (tertiary/aromatic N) is 2. The maximum absolute atomic E-state index is 13.7. The number of hydrogen-bond donors (Lipinski definition) is 3. The molecule has 3 aromatic carbocycles. The first-order valence-corrected chi connectivity index (χ1v) is 14.2. The number of likely N-dealkylation sites (N-methyl/N-ethyl adjacent to an activating group) is 1. The average Bonchev–Trinajstić information content (AvgIpc) is 3.35. The molecule has 3 heterocycles. The molecule has 2 fully saturated rings. The molecule has 2 aliphatic heterocycles. The lowest BCUT2D eigenvalue weighted by Gasteiger charge is -2.34. The van der Waals surface area contributed by atoms with E-state index in [9.17, 15) is 13.6 Å². The van der Waals surface area contributed by atoms with Crippen molar-refractivity contribution in [1.82, 2.24) is 9.88 Å². The van der Waals surface area contributed by atoms with Crippen LogP contribution in [0.4, 0.5) is 25.8 Å². The van der Waals surface area contributed by atoms with E-state index in [1.165, 1.54) is 12.1 Å². The summed E-state index contributed by atoms with van der Waals surface area (Å²) in [7, 11) is 2.14. The van der Waals surface area contributed by atoms with Gasteiger partial charge in [-0.3, -0.25) is 4.79 Å². The van der Waals surface area contributed by atoms with E-state index in [1.54, 1.807) is 6.20 Å². The Labute approximate surface area is 238 Å². The predicted octanol–water partition coefficient (Wildman–Crippen LogP) is 5.63. The minimum absolute atomic E-state index is 0.206. The summed E-state index contributed by atoms with van der Waals surface area (Å²) in [5, 5.41) is 7.57. The summed E-state index contributed by atoms with van der Waals surface area (Å²) >= 11 is 0. The molecule has 1 aromatic heterocycles. The minimum Gasteiger partial charge on any atom is -0.381 e. The van der Waals surface area contributed by atoms with Crippen LogP contribution in [0.2, 0.25) is 0 Å². The van der Waals surface area contributed by atoms with Crippen LogP contribution in [0.15, 0.2) is 60.8 Å². The van der Waals surface area contributed by atoms with Gasteiger partial charge in [0.05, 0.1) is 11.3 Å². The zero-order valence-electron chi connectivity index (χ0n) is 23.2. The molecule has 0 radical (unpaired) electrons. The minimum atomic E-state index is -0.598. The number of anilines is 3. The largest absolute Gasteiger partial charge is 0.381 e. The van der Waals surface area contributed by atoms with Crippen LogP contribution < -0.4 is 15.5 Å². The third kappa shape index (κ3) is 6.36. The van der Waals surface area contributed by atoms with Crippen molar-refractivity contribution in [1.29, 1.82) is 0 Å². The van der Waals surface area contributed by atoms with E-state index in [-0.39, 0.29) is 11.9 Å². The number of benzene rings is 3. The molecule has 0 aliphatic carbocycles. The van der Waals surface area contributed by atoms with E-state index in [0.717, 1.165) is 72.9 Å². The first-order chi connectivity index (χ1) is 19.9. The van der Waals surface area contributed by atoms with E-state index >= 15 is 0 Å². The molecular formula is C32H35F2N5O2. The molecule has 3 N–H and O–H groups in total. The van der Waals surface area contributed by atoms with Gasteiger partial charge in [0, 0.05) is 80.0 Å². The first-order valence-electron chi connectivity index (χ1n) is 14.2. The van der Waals surface area contributed by atoms with Crippen LogP contribution in [0.5, 0.6) is 0 Å². The summed E-state index contributed by atoms with van der Waals surface area (Å²) in [6, 6.07) is 15.6. The Morgan fingerprint density at radius 3 is 2.44 bits per heavy atom. The summed E-state index contributed by atoms with van der Waals surface area (Å²) in [5.74, 6) is -1.40. The first kappa shape index (κ1) is 27.2. The lowest BCUT2D eigenvalue weighted by Crippen LogP contribution is -2.44. The molecule has 7 nitrogen and oxygen atoms in total. The maximum Gasteiger partial charge on any atom is 0.257 e. The van der Waals surface area contributed by atoms with E-state index in [0.29, 0.717) is 36.4 Å². The predicted molar refractivity (Wildman–Crippen MR) is 159 cm³/mol. The number of fused-ring (bicyclic) bond motifs is 1. The number of halogens is 2. The van der Waals surface area contributed by atoms with E-state index in [1.807, 2.05) is 30.3 Å². The number of aromatic nitrogens is 1. The molecule has 6 rings (SSSR count). The molecular weight excluding hydrogens is 524 g/mol. The lowest BCUT2D eigenvalue weighted by molar-refractivity contribution is 0.0904. The smallest absolute Gasteiger partial charge is 0.257 e. The van der Waals surface area contributed by atoms with Crippen molar-refractivity contribution in [2.45, 2.75) is 25.3 Å². The highest BCUT2D eigenvalue weighted by atomic mass is 19.1. The van der Waals surface area contributed by atoms with E-state index in [4.69, 9.17) is 4.74 Å². The molecule has 214 valence electrons. The molecule has 0 bridgehead atoms. The van der Waals surface area contributed by atoms with Gasteiger partial charge in [0.1, 0.15) is 11.6 Å². The normalized spacial score (nSPS) is 16.7. The van der Waals surface area contributed by atoms with Crippen LogP contribution in [0.3, 0.4) is 0 Å². The molecule has 0 unspecified atom stereocenters. The number of rotatable bonds is 7.